The summed E-state index contributed by atoms with van der Waals surface area (Å²) in [6.45, 7) is 0. The van der Waals surface area contributed by atoms with Crippen molar-refractivity contribution in [1.29, 1.82) is 0 Å². The van der Waals surface area contributed by atoms with Gasteiger partial charge in [-0.2, -0.15) is 0 Å². The topological polar surface area (TPSA) is 93.1 Å². The number of hydrogen-bond acceptors (Lipinski definition) is 7. The zero-order valence-corrected chi connectivity index (χ0v) is 18.5. The summed E-state index contributed by atoms with van der Waals surface area (Å²) in [6, 6.07) is 9.33. The van der Waals surface area contributed by atoms with E-state index in [9.17, 15) is 18.8 Å². The minimum Gasteiger partial charge on any atom is -0.290 e. The number of rotatable bonds is 5. The Morgan fingerprint density at radius 2 is 1.97 bits per heavy atom. The molecule has 0 unspecified atom stereocenters. The van der Waals surface area contributed by atoms with Crippen LogP contribution in [0.4, 0.5) is 4.39 Å². The van der Waals surface area contributed by atoms with Gasteiger partial charge in [-0.05, 0) is 23.6 Å². The van der Waals surface area contributed by atoms with Crippen LogP contribution in [0, 0.1) is 5.82 Å². The van der Waals surface area contributed by atoms with E-state index in [2.05, 4.69) is 15.8 Å². The van der Waals surface area contributed by atoms with E-state index in [-0.39, 0.29) is 16.9 Å². The fourth-order valence-corrected chi connectivity index (χ4v) is 5.38. The van der Waals surface area contributed by atoms with Crippen molar-refractivity contribution < 1.29 is 14.0 Å². The van der Waals surface area contributed by atoms with E-state index in [1.54, 1.807) is 18.4 Å². The Labute approximate surface area is 187 Å². The van der Waals surface area contributed by atoms with Crippen molar-refractivity contribution in [3.8, 4) is 10.4 Å². The van der Waals surface area contributed by atoms with Gasteiger partial charge in [0.25, 0.3) is 11.5 Å². The first kappa shape index (κ1) is 21.2. The second kappa shape index (κ2) is 9.00. The Bertz CT molecular complexity index is 1330. The first-order valence-corrected chi connectivity index (χ1v) is 11.7. The molecule has 11 heteroatoms. The maximum absolute atomic E-state index is 13.6. The number of benzene rings is 1. The number of amides is 2. The summed E-state index contributed by atoms with van der Waals surface area (Å²) in [6.07, 6.45) is 0. The molecule has 7 nitrogen and oxygen atoms in total. The van der Waals surface area contributed by atoms with Crippen LogP contribution in [0.3, 0.4) is 0 Å². The van der Waals surface area contributed by atoms with Gasteiger partial charge in [0, 0.05) is 22.9 Å². The van der Waals surface area contributed by atoms with Gasteiger partial charge < -0.3 is 0 Å². The standard InChI is InChI=1S/C20H15FN4O3S3/c1-25-19(28)16-12(14-7-4-8-29-14)9-30-18(16)22-20(25)31-10-15(26)23-24-17(27)11-5-2-3-6-13(11)21/h2-9H,10H2,1H3,(H,23,26)(H,24,27). The Balaban J connectivity index is 1.44. The Morgan fingerprint density at radius 1 is 1.16 bits per heavy atom. The maximum atomic E-state index is 13.6. The van der Waals surface area contributed by atoms with Gasteiger partial charge in [0.05, 0.1) is 16.7 Å². The fourth-order valence-electron chi connectivity index (χ4n) is 2.80. The molecular weight excluding hydrogens is 459 g/mol. The highest BCUT2D eigenvalue weighted by Crippen LogP contribution is 2.34. The van der Waals surface area contributed by atoms with Gasteiger partial charge in [0.15, 0.2) is 5.16 Å². The van der Waals surface area contributed by atoms with Gasteiger partial charge >= 0.3 is 0 Å². The molecule has 4 rings (SSSR count). The first-order valence-electron chi connectivity index (χ1n) is 8.94. The fraction of sp³-hybridized carbons (Fsp3) is 0.100. The lowest BCUT2D eigenvalue weighted by molar-refractivity contribution is -0.119. The molecule has 0 aliphatic carbocycles. The number of halogens is 1. The summed E-state index contributed by atoms with van der Waals surface area (Å²) in [5, 5.41) is 4.79. The molecule has 0 bridgehead atoms. The van der Waals surface area contributed by atoms with Gasteiger partial charge in [-0.15, -0.1) is 22.7 Å². The number of aromatic nitrogens is 2. The lowest BCUT2D eigenvalue weighted by Crippen LogP contribution is -2.42. The number of fused-ring (bicyclic) bond motifs is 1. The summed E-state index contributed by atoms with van der Waals surface area (Å²) < 4.78 is 15.0. The van der Waals surface area contributed by atoms with Gasteiger partial charge in [0.2, 0.25) is 5.91 Å². The number of thiophene rings is 2. The normalized spacial score (nSPS) is 10.9. The Kier molecular flexibility index (Phi) is 6.16. The second-order valence-electron chi connectivity index (χ2n) is 6.34. The van der Waals surface area contributed by atoms with Gasteiger partial charge in [0.1, 0.15) is 10.6 Å². The number of thioether (sulfide) groups is 1. The molecule has 0 fully saturated rings. The van der Waals surface area contributed by atoms with Crippen molar-refractivity contribution in [2.75, 3.05) is 5.75 Å². The van der Waals surface area contributed by atoms with Crippen molar-refractivity contribution in [3.05, 3.63) is 68.9 Å². The molecular formula is C20H15FN4O3S3. The third kappa shape index (κ3) is 4.38. The minimum absolute atomic E-state index is 0.0908. The SMILES string of the molecule is Cn1c(SCC(=O)NNC(=O)c2ccccc2F)nc2scc(-c3cccs3)c2c1=O. The number of nitrogens with one attached hydrogen (secondary N) is 2. The van der Waals surface area contributed by atoms with Gasteiger partial charge in [-0.3, -0.25) is 29.8 Å². The number of carbonyl (C=O) groups is 2. The van der Waals surface area contributed by atoms with Crippen molar-refractivity contribution in [1.82, 2.24) is 20.4 Å². The van der Waals surface area contributed by atoms with Crippen LogP contribution in [0.25, 0.3) is 20.7 Å². The van der Waals surface area contributed by atoms with E-state index < -0.39 is 17.6 Å². The summed E-state index contributed by atoms with van der Waals surface area (Å²) in [5.74, 6) is -2.06. The number of hydrazine groups is 1. The smallest absolute Gasteiger partial charge is 0.272 e. The maximum Gasteiger partial charge on any atom is 0.272 e. The molecule has 0 radical (unpaired) electrons. The highest BCUT2D eigenvalue weighted by molar-refractivity contribution is 7.99. The van der Waals surface area contributed by atoms with Crippen LogP contribution >= 0.6 is 34.4 Å². The van der Waals surface area contributed by atoms with E-state index in [4.69, 9.17) is 0 Å². The molecule has 0 aliphatic rings. The summed E-state index contributed by atoms with van der Waals surface area (Å²) in [7, 11) is 1.60. The van der Waals surface area contributed by atoms with Crippen LogP contribution in [0.1, 0.15) is 10.4 Å². The van der Waals surface area contributed by atoms with E-state index in [0.29, 0.717) is 15.4 Å². The largest absolute Gasteiger partial charge is 0.290 e. The van der Waals surface area contributed by atoms with E-state index >= 15 is 0 Å². The average molecular weight is 475 g/mol. The predicted molar refractivity (Wildman–Crippen MR) is 121 cm³/mol. The number of hydrogen-bond donors (Lipinski definition) is 2. The number of nitrogens with zero attached hydrogens (tertiary/aromatic N) is 2. The summed E-state index contributed by atoms with van der Waals surface area (Å²) >= 11 is 3.99. The van der Waals surface area contributed by atoms with Gasteiger partial charge in [-0.1, -0.05) is 30.0 Å². The minimum atomic E-state index is -0.761. The molecule has 4 aromatic rings. The van der Waals surface area contributed by atoms with Crippen LogP contribution in [-0.2, 0) is 11.8 Å². The van der Waals surface area contributed by atoms with Crippen LogP contribution < -0.4 is 16.4 Å². The molecule has 1 aromatic carbocycles. The molecule has 0 saturated heterocycles. The lowest BCUT2D eigenvalue weighted by atomic mass is 10.2. The quantitative estimate of drug-likeness (QED) is 0.263. The summed E-state index contributed by atoms with van der Waals surface area (Å²) in [5.41, 5.74) is 4.90. The molecule has 0 spiro atoms. The zero-order chi connectivity index (χ0) is 22.0. The van der Waals surface area contributed by atoms with Crippen molar-refractivity contribution in [2.24, 2.45) is 7.05 Å². The van der Waals surface area contributed by atoms with Crippen molar-refractivity contribution in [3.63, 3.8) is 0 Å². The highest BCUT2D eigenvalue weighted by Gasteiger charge is 2.17. The van der Waals surface area contributed by atoms with E-state index in [1.807, 2.05) is 22.9 Å². The van der Waals surface area contributed by atoms with Crippen LogP contribution in [0.15, 0.2) is 57.1 Å². The van der Waals surface area contributed by atoms with Gasteiger partial charge in [-0.25, -0.2) is 9.37 Å². The average Bonchev–Trinajstić information content (AvgIpc) is 3.43. The molecule has 2 N–H and O–H groups in total. The molecule has 31 heavy (non-hydrogen) atoms. The molecule has 0 atom stereocenters. The van der Waals surface area contributed by atoms with E-state index in [1.165, 1.54) is 34.1 Å². The first-order chi connectivity index (χ1) is 15.0. The predicted octanol–water partition coefficient (Wildman–Crippen LogP) is 3.42. The number of carbonyl (C=O) groups excluding carboxylic acids is 2. The third-order valence-corrected chi connectivity index (χ3v) is 7.13. The molecule has 158 valence electrons. The Morgan fingerprint density at radius 3 is 2.71 bits per heavy atom. The van der Waals surface area contributed by atoms with Crippen LogP contribution in [0.5, 0.6) is 0 Å². The van der Waals surface area contributed by atoms with Crippen LogP contribution in [0.2, 0.25) is 0 Å². The Hall–Kier alpha value is -3.02. The highest BCUT2D eigenvalue weighted by atomic mass is 32.2. The molecule has 2 amide bonds. The third-order valence-electron chi connectivity index (χ3n) is 4.33. The molecule has 0 saturated carbocycles. The molecule has 0 aliphatic heterocycles. The van der Waals surface area contributed by atoms with Crippen molar-refractivity contribution in [2.45, 2.75) is 5.16 Å². The monoisotopic (exact) mass is 474 g/mol. The second-order valence-corrected chi connectivity index (χ2v) is 9.08. The molecule has 3 heterocycles. The van der Waals surface area contributed by atoms with E-state index in [0.717, 1.165) is 28.3 Å². The van der Waals surface area contributed by atoms with Crippen molar-refractivity contribution >= 4 is 56.5 Å². The van der Waals surface area contributed by atoms with Crippen LogP contribution in [-0.4, -0.2) is 27.1 Å². The zero-order valence-electron chi connectivity index (χ0n) is 16.0. The lowest BCUT2D eigenvalue weighted by Gasteiger charge is -2.09. The molecule has 3 aromatic heterocycles. The summed E-state index contributed by atoms with van der Waals surface area (Å²) in [4.78, 5) is 43.1.